The van der Waals surface area contributed by atoms with Gasteiger partial charge in [0, 0.05) is 36.1 Å². The first-order chi connectivity index (χ1) is 13.1. The molecule has 1 atom stereocenters. The molecule has 2 aromatic carbocycles. The van der Waals surface area contributed by atoms with Crippen LogP contribution < -0.4 is 10.2 Å². The fourth-order valence-corrected chi connectivity index (χ4v) is 3.96. The van der Waals surface area contributed by atoms with Crippen molar-refractivity contribution >= 4 is 29.0 Å². The minimum absolute atomic E-state index is 0.255. The Kier molecular flexibility index (Phi) is 5.23. The molecule has 0 radical (unpaired) electrons. The van der Waals surface area contributed by atoms with Crippen LogP contribution in [0.3, 0.4) is 0 Å². The number of hydrogen-bond acceptors (Lipinski definition) is 2. The third-order valence-corrected chi connectivity index (χ3v) is 5.32. The molecule has 150 valence electrons. The molecule has 2 amide bonds. The fourth-order valence-electron chi connectivity index (χ4n) is 3.79. The van der Waals surface area contributed by atoms with E-state index in [1.807, 2.05) is 31.1 Å². The number of carbonyl (C=O) groups excluding carboxylic acids is 1. The normalized spacial score (nSPS) is 19.2. The minimum atomic E-state index is -4.54. The average molecular weight is 412 g/mol. The van der Waals surface area contributed by atoms with E-state index in [4.69, 9.17) is 11.6 Å². The summed E-state index contributed by atoms with van der Waals surface area (Å²) in [7, 11) is 3.76. The van der Waals surface area contributed by atoms with E-state index in [1.165, 1.54) is 0 Å². The molecule has 4 nitrogen and oxygen atoms in total. The second kappa shape index (κ2) is 7.20. The lowest BCUT2D eigenvalue weighted by atomic mass is 9.77. The Hall–Kier alpha value is -2.41. The number of benzene rings is 2. The topological polar surface area (TPSA) is 35.6 Å². The Morgan fingerprint density at radius 3 is 2.32 bits per heavy atom. The van der Waals surface area contributed by atoms with Gasteiger partial charge in [-0.1, -0.05) is 30.7 Å². The van der Waals surface area contributed by atoms with Crippen molar-refractivity contribution in [2.75, 3.05) is 30.9 Å². The number of hydrogen-bond donors (Lipinski definition) is 1. The lowest BCUT2D eigenvalue weighted by Crippen LogP contribution is -2.57. The minimum Gasteiger partial charge on any atom is -0.378 e. The van der Waals surface area contributed by atoms with Gasteiger partial charge in [-0.25, -0.2) is 4.79 Å². The number of urea groups is 1. The molecule has 0 fully saturated rings. The van der Waals surface area contributed by atoms with Crippen LogP contribution in [0.15, 0.2) is 42.5 Å². The maximum absolute atomic E-state index is 13.4. The molecule has 0 aliphatic carbocycles. The van der Waals surface area contributed by atoms with Crippen molar-refractivity contribution < 1.29 is 18.0 Å². The molecule has 1 N–H and O–H groups in total. The van der Waals surface area contributed by atoms with Crippen molar-refractivity contribution in [2.45, 2.75) is 25.1 Å². The molecule has 0 aromatic heterocycles. The van der Waals surface area contributed by atoms with Gasteiger partial charge in [0.15, 0.2) is 0 Å². The van der Waals surface area contributed by atoms with Crippen molar-refractivity contribution in [3.63, 3.8) is 0 Å². The number of nitrogens with zero attached hydrogens (tertiary/aromatic N) is 2. The largest absolute Gasteiger partial charge is 0.406 e. The van der Waals surface area contributed by atoms with Gasteiger partial charge in [0.05, 0.1) is 5.54 Å². The first-order valence-electron chi connectivity index (χ1n) is 8.82. The summed E-state index contributed by atoms with van der Waals surface area (Å²) in [5.74, 6) is 0. The molecule has 1 aliphatic heterocycles. The highest BCUT2D eigenvalue weighted by atomic mass is 35.5. The Bertz CT molecular complexity index is 883. The molecule has 0 saturated heterocycles. The zero-order chi connectivity index (χ0) is 20.7. The molecule has 3 rings (SSSR count). The number of alkyl halides is 3. The summed E-state index contributed by atoms with van der Waals surface area (Å²) in [5, 5.41) is 2.96. The Balaban J connectivity index is 2.27. The van der Waals surface area contributed by atoms with E-state index in [0.29, 0.717) is 21.8 Å². The number of amides is 2. The molecule has 1 unspecified atom stereocenters. The predicted octanol–water partition coefficient (Wildman–Crippen LogP) is 5.47. The molecule has 0 spiro atoms. The molecular formula is C20H21ClF3N3O. The van der Waals surface area contributed by atoms with E-state index in [2.05, 4.69) is 5.32 Å². The van der Waals surface area contributed by atoms with Gasteiger partial charge in [-0.15, -0.1) is 0 Å². The van der Waals surface area contributed by atoms with Crippen LogP contribution in [0.5, 0.6) is 0 Å². The number of rotatable bonds is 4. The van der Waals surface area contributed by atoms with Gasteiger partial charge in [0.1, 0.15) is 6.54 Å². The highest BCUT2D eigenvalue weighted by molar-refractivity contribution is 6.30. The third kappa shape index (κ3) is 3.51. The summed E-state index contributed by atoms with van der Waals surface area (Å²) >= 11 is 6.17. The quantitative estimate of drug-likeness (QED) is 0.724. The van der Waals surface area contributed by atoms with Crippen molar-refractivity contribution in [1.29, 1.82) is 0 Å². The van der Waals surface area contributed by atoms with Gasteiger partial charge in [0.2, 0.25) is 0 Å². The smallest absolute Gasteiger partial charge is 0.378 e. The van der Waals surface area contributed by atoms with Crippen LogP contribution in [0, 0.1) is 0 Å². The molecule has 8 heteroatoms. The van der Waals surface area contributed by atoms with Crippen molar-refractivity contribution in [3.8, 4) is 0 Å². The van der Waals surface area contributed by atoms with Gasteiger partial charge in [-0.3, -0.25) is 0 Å². The van der Waals surface area contributed by atoms with Crippen molar-refractivity contribution in [3.05, 3.63) is 58.6 Å². The van der Waals surface area contributed by atoms with Gasteiger partial charge in [-0.05, 0) is 42.3 Å². The van der Waals surface area contributed by atoms with E-state index < -0.39 is 24.3 Å². The van der Waals surface area contributed by atoms with E-state index in [-0.39, 0.29) is 6.42 Å². The Morgan fingerprint density at radius 1 is 1.14 bits per heavy atom. The summed E-state index contributed by atoms with van der Waals surface area (Å²) in [5.41, 5.74) is 1.23. The number of nitrogens with one attached hydrogen (secondary N) is 1. The molecule has 0 bridgehead atoms. The number of carbonyl (C=O) groups is 1. The van der Waals surface area contributed by atoms with Gasteiger partial charge < -0.3 is 15.1 Å². The predicted molar refractivity (Wildman–Crippen MR) is 105 cm³/mol. The number of anilines is 2. The first-order valence-corrected chi connectivity index (χ1v) is 9.19. The number of fused-ring (bicyclic) bond motifs is 1. The van der Waals surface area contributed by atoms with Crippen LogP contribution in [0.2, 0.25) is 5.02 Å². The van der Waals surface area contributed by atoms with Crippen molar-refractivity contribution in [1.82, 2.24) is 4.90 Å². The average Bonchev–Trinajstić information content (AvgIpc) is 2.62. The molecular weight excluding hydrogens is 391 g/mol. The fraction of sp³-hybridized carbons (Fsp3) is 0.350. The summed E-state index contributed by atoms with van der Waals surface area (Å²) in [6, 6.07) is 11.3. The Morgan fingerprint density at radius 2 is 1.79 bits per heavy atom. The van der Waals surface area contributed by atoms with Gasteiger partial charge in [-0.2, -0.15) is 13.2 Å². The highest BCUT2D eigenvalue weighted by Crippen LogP contribution is 2.47. The monoisotopic (exact) mass is 411 g/mol. The summed E-state index contributed by atoms with van der Waals surface area (Å²) < 4.78 is 40.1. The van der Waals surface area contributed by atoms with Crippen LogP contribution in [0.25, 0.3) is 0 Å². The number of halogens is 4. The lowest BCUT2D eigenvalue weighted by Gasteiger charge is -2.48. The van der Waals surface area contributed by atoms with Crippen molar-refractivity contribution in [2.24, 2.45) is 0 Å². The SMILES string of the molecule is CCC1(c2ccc(N(C)C)cc2)c2cc(Cl)ccc2NC(=O)N1CC(F)(F)F. The van der Waals surface area contributed by atoms with Crippen LogP contribution in [0.1, 0.15) is 24.5 Å². The lowest BCUT2D eigenvalue weighted by molar-refractivity contribution is -0.148. The van der Waals surface area contributed by atoms with Gasteiger partial charge >= 0.3 is 12.2 Å². The zero-order valence-electron chi connectivity index (χ0n) is 15.8. The summed E-state index contributed by atoms with van der Waals surface area (Å²) in [6.45, 7) is 0.403. The zero-order valence-corrected chi connectivity index (χ0v) is 16.5. The third-order valence-electron chi connectivity index (χ3n) is 5.09. The first kappa shape index (κ1) is 20.3. The molecule has 1 heterocycles. The highest BCUT2D eigenvalue weighted by Gasteiger charge is 2.50. The second-order valence-electron chi connectivity index (χ2n) is 6.98. The molecule has 0 saturated carbocycles. The van der Waals surface area contributed by atoms with Crippen LogP contribution in [-0.2, 0) is 5.54 Å². The molecule has 28 heavy (non-hydrogen) atoms. The second-order valence-corrected chi connectivity index (χ2v) is 7.41. The van der Waals surface area contributed by atoms with E-state index in [0.717, 1.165) is 10.6 Å². The standard InChI is InChI=1S/C20H21ClF3N3O/c1-4-19(13-5-8-15(9-6-13)26(2)3)16-11-14(21)7-10-17(16)25-18(28)27(19)12-20(22,23)24/h5-11H,4,12H2,1-3H3,(H,25,28). The molecule has 2 aromatic rings. The maximum atomic E-state index is 13.4. The Labute approximate surface area is 166 Å². The maximum Gasteiger partial charge on any atom is 0.406 e. The van der Waals surface area contributed by atoms with Crippen LogP contribution in [-0.4, -0.2) is 37.7 Å². The molecule has 1 aliphatic rings. The van der Waals surface area contributed by atoms with E-state index in [9.17, 15) is 18.0 Å². The van der Waals surface area contributed by atoms with Gasteiger partial charge in [0.25, 0.3) is 0 Å². The summed E-state index contributed by atoms with van der Waals surface area (Å²) in [6.07, 6.45) is -4.29. The van der Waals surface area contributed by atoms with Crippen LogP contribution in [0.4, 0.5) is 29.3 Å². The summed E-state index contributed by atoms with van der Waals surface area (Å²) in [4.78, 5) is 15.5. The van der Waals surface area contributed by atoms with E-state index in [1.54, 1.807) is 37.3 Å². The van der Waals surface area contributed by atoms with Crippen LogP contribution >= 0.6 is 11.6 Å². The van der Waals surface area contributed by atoms with E-state index >= 15 is 0 Å².